The molecule has 0 radical (unpaired) electrons. The second-order valence-electron chi connectivity index (χ2n) is 8.53. The van der Waals surface area contributed by atoms with Gasteiger partial charge in [0.25, 0.3) is 0 Å². The first-order valence-electron chi connectivity index (χ1n) is 11.8. The molecule has 36 heavy (non-hydrogen) atoms. The maximum absolute atomic E-state index is 11.3. The van der Waals surface area contributed by atoms with Crippen molar-refractivity contribution < 1.29 is 14.3 Å². The summed E-state index contributed by atoms with van der Waals surface area (Å²) in [4.78, 5) is 16.2. The Labute approximate surface area is 210 Å². The van der Waals surface area contributed by atoms with E-state index in [9.17, 15) is 4.79 Å². The number of amides is 1. The molecule has 5 aromatic rings. The van der Waals surface area contributed by atoms with Crippen molar-refractivity contribution in [2.24, 2.45) is 0 Å². The molecular weight excluding hydrogens is 450 g/mol. The van der Waals surface area contributed by atoms with E-state index in [-0.39, 0.29) is 5.91 Å². The van der Waals surface area contributed by atoms with Crippen molar-refractivity contribution in [3.05, 3.63) is 108 Å². The number of para-hydroxylation sites is 2. The fourth-order valence-electron chi connectivity index (χ4n) is 4.20. The van der Waals surface area contributed by atoms with E-state index in [0.717, 1.165) is 33.7 Å². The highest BCUT2D eigenvalue weighted by Crippen LogP contribution is 2.34. The van der Waals surface area contributed by atoms with Crippen molar-refractivity contribution in [1.29, 1.82) is 0 Å². The zero-order chi connectivity index (χ0) is 24.9. The van der Waals surface area contributed by atoms with Gasteiger partial charge in [-0.15, -0.1) is 0 Å². The molecule has 1 amide bonds. The summed E-state index contributed by atoms with van der Waals surface area (Å²) in [5, 5.41) is 2.77. The van der Waals surface area contributed by atoms with Crippen LogP contribution in [0.3, 0.4) is 0 Å². The van der Waals surface area contributed by atoms with Gasteiger partial charge >= 0.3 is 0 Å². The molecule has 0 saturated heterocycles. The third-order valence-electron chi connectivity index (χ3n) is 5.93. The average molecular weight is 478 g/mol. The molecule has 1 aromatic heterocycles. The van der Waals surface area contributed by atoms with Crippen LogP contribution >= 0.6 is 0 Å². The number of hydrogen-bond donors (Lipinski definition) is 1. The summed E-state index contributed by atoms with van der Waals surface area (Å²) in [5.41, 5.74) is 5.90. The normalized spacial score (nSPS) is 10.8. The molecule has 0 bridgehead atoms. The maximum Gasteiger partial charge on any atom is 0.221 e. The lowest BCUT2D eigenvalue weighted by atomic mass is 10.1. The third kappa shape index (κ3) is 5.08. The molecular formula is C30H27N3O3. The Hall–Kier alpha value is -4.58. The van der Waals surface area contributed by atoms with Gasteiger partial charge in [-0.2, -0.15) is 0 Å². The van der Waals surface area contributed by atoms with Crippen LogP contribution in [0.5, 0.6) is 11.5 Å². The number of nitrogens with one attached hydrogen (secondary N) is 1. The van der Waals surface area contributed by atoms with Crippen LogP contribution in [-0.4, -0.2) is 22.6 Å². The molecule has 1 N–H and O–H groups in total. The molecule has 6 heteroatoms. The number of fused-ring (bicyclic) bond motifs is 1. The van der Waals surface area contributed by atoms with Crippen molar-refractivity contribution >= 4 is 22.6 Å². The zero-order valence-corrected chi connectivity index (χ0v) is 20.3. The van der Waals surface area contributed by atoms with E-state index < -0.39 is 0 Å². The molecule has 180 valence electrons. The van der Waals surface area contributed by atoms with Gasteiger partial charge in [-0.05, 0) is 53.6 Å². The highest BCUT2D eigenvalue weighted by molar-refractivity contribution is 5.88. The maximum atomic E-state index is 11.3. The number of carbonyl (C=O) groups is 1. The SMILES string of the molecule is COc1ccc(-c2nc3ccccc3n2Cc2ccccc2)cc1OCc1ccc(NC(C)=O)cc1. The number of nitrogens with zero attached hydrogens (tertiary/aromatic N) is 2. The van der Waals surface area contributed by atoms with Crippen LogP contribution in [0.1, 0.15) is 18.1 Å². The van der Waals surface area contributed by atoms with E-state index >= 15 is 0 Å². The minimum atomic E-state index is -0.0983. The second-order valence-corrected chi connectivity index (χ2v) is 8.53. The fourth-order valence-corrected chi connectivity index (χ4v) is 4.20. The van der Waals surface area contributed by atoms with Crippen molar-refractivity contribution in [3.8, 4) is 22.9 Å². The summed E-state index contributed by atoms with van der Waals surface area (Å²) in [5.74, 6) is 2.06. The van der Waals surface area contributed by atoms with Gasteiger partial charge in [0.1, 0.15) is 12.4 Å². The summed E-state index contributed by atoms with van der Waals surface area (Å²) in [6.07, 6.45) is 0. The zero-order valence-electron chi connectivity index (χ0n) is 20.3. The van der Waals surface area contributed by atoms with E-state index in [1.165, 1.54) is 12.5 Å². The Balaban J connectivity index is 1.46. The molecule has 5 rings (SSSR count). The minimum absolute atomic E-state index is 0.0983. The van der Waals surface area contributed by atoms with E-state index in [1.807, 2.05) is 66.7 Å². The van der Waals surface area contributed by atoms with Crippen molar-refractivity contribution in [3.63, 3.8) is 0 Å². The summed E-state index contributed by atoms with van der Waals surface area (Å²) in [6.45, 7) is 2.56. The molecule has 1 heterocycles. The number of rotatable bonds is 8. The highest BCUT2D eigenvalue weighted by Gasteiger charge is 2.16. The molecule has 0 spiro atoms. The van der Waals surface area contributed by atoms with E-state index in [4.69, 9.17) is 14.5 Å². The predicted octanol–water partition coefficient (Wildman–Crippen LogP) is 6.30. The number of imidazole rings is 1. The van der Waals surface area contributed by atoms with E-state index in [1.54, 1.807) is 7.11 Å². The first-order chi connectivity index (χ1) is 17.6. The quantitative estimate of drug-likeness (QED) is 0.285. The van der Waals surface area contributed by atoms with Gasteiger partial charge in [-0.3, -0.25) is 4.79 Å². The van der Waals surface area contributed by atoms with Crippen LogP contribution in [0, 0.1) is 0 Å². The van der Waals surface area contributed by atoms with Gasteiger partial charge in [-0.1, -0.05) is 54.6 Å². The number of methoxy groups -OCH3 is 1. The molecule has 6 nitrogen and oxygen atoms in total. The fraction of sp³-hybridized carbons (Fsp3) is 0.133. The molecule has 0 saturated carbocycles. The van der Waals surface area contributed by atoms with Gasteiger partial charge in [0, 0.05) is 24.7 Å². The number of carbonyl (C=O) groups excluding carboxylic acids is 1. The van der Waals surface area contributed by atoms with Gasteiger partial charge in [0.15, 0.2) is 11.5 Å². The Bertz CT molecular complexity index is 1490. The Morgan fingerprint density at radius 1 is 0.861 bits per heavy atom. The number of anilines is 1. The van der Waals surface area contributed by atoms with Gasteiger partial charge in [-0.25, -0.2) is 4.98 Å². The Morgan fingerprint density at radius 2 is 1.61 bits per heavy atom. The van der Waals surface area contributed by atoms with Crippen LogP contribution < -0.4 is 14.8 Å². The van der Waals surface area contributed by atoms with Crippen LogP contribution in [0.4, 0.5) is 5.69 Å². The molecule has 0 unspecified atom stereocenters. The third-order valence-corrected chi connectivity index (χ3v) is 5.93. The summed E-state index contributed by atoms with van der Waals surface area (Å²) >= 11 is 0. The average Bonchev–Trinajstić information content (AvgIpc) is 3.26. The van der Waals surface area contributed by atoms with Crippen LogP contribution in [0.2, 0.25) is 0 Å². The Kier molecular flexibility index (Phi) is 6.67. The van der Waals surface area contributed by atoms with Crippen molar-refractivity contribution in [1.82, 2.24) is 9.55 Å². The van der Waals surface area contributed by atoms with Gasteiger partial charge in [0.2, 0.25) is 5.91 Å². The largest absolute Gasteiger partial charge is 0.493 e. The van der Waals surface area contributed by atoms with Crippen LogP contribution in [-0.2, 0) is 17.9 Å². The van der Waals surface area contributed by atoms with Gasteiger partial charge in [0.05, 0.1) is 18.1 Å². The molecule has 0 aliphatic carbocycles. The first kappa shape index (κ1) is 23.2. The summed E-state index contributed by atoms with van der Waals surface area (Å²) in [7, 11) is 1.63. The molecule has 4 aromatic carbocycles. The van der Waals surface area contributed by atoms with Gasteiger partial charge < -0.3 is 19.4 Å². The lowest BCUT2D eigenvalue weighted by Gasteiger charge is -2.14. The van der Waals surface area contributed by atoms with E-state index in [2.05, 4.69) is 40.2 Å². The van der Waals surface area contributed by atoms with Crippen molar-refractivity contribution in [2.45, 2.75) is 20.1 Å². The smallest absolute Gasteiger partial charge is 0.221 e. The number of aromatic nitrogens is 2. The Morgan fingerprint density at radius 3 is 2.36 bits per heavy atom. The predicted molar refractivity (Wildman–Crippen MR) is 142 cm³/mol. The molecule has 0 aliphatic rings. The summed E-state index contributed by atoms with van der Waals surface area (Å²) in [6, 6.07) is 32.0. The standard InChI is InChI=1S/C30H27N3O3/c1-21(34)31-25-15-12-23(13-16-25)20-36-29-18-24(14-17-28(29)35-2)30-32-26-10-6-7-11-27(26)33(30)19-22-8-4-3-5-9-22/h3-18H,19-20H2,1-2H3,(H,31,34). The molecule has 0 aliphatic heterocycles. The van der Waals surface area contributed by atoms with Crippen LogP contribution in [0.25, 0.3) is 22.4 Å². The highest BCUT2D eigenvalue weighted by atomic mass is 16.5. The second kappa shape index (κ2) is 10.4. The monoisotopic (exact) mass is 477 g/mol. The lowest BCUT2D eigenvalue weighted by molar-refractivity contribution is -0.114. The number of benzene rings is 4. The molecule has 0 atom stereocenters. The molecule has 0 fully saturated rings. The first-order valence-corrected chi connectivity index (χ1v) is 11.8. The summed E-state index contributed by atoms with van der Waals surface area (Å²) < 4.78 is 14.0. The number of ether oxygens (including phenoxy) is 2. The van der Waals surface area contributed by atoms with Crippen LogP contribution in [0.15, 0.2) is 97.1 Å². The number of hydrogen-bond acceptors (Lipinski definition) is 4. The minimum Gasteiger partial charge on any atom is -0.493 e. The lowest BCUT2D eigenvalue weighted by Crippen LogP contribution is -2.05. The van der Waals surface area contributed by atoms with E-state index in [0.29, 0.717) is 24.7 Å². The topological polar surface area (TPSA) is 65.4 Å². The van der Waals surface area contributed by atoms with Crippen molar-refractivity contribution in [2.75, 3.05) is 12.4 Å².